The van der Waals surface area contributed by atoms with Crippen LogP contribution in [0.1, 0.15) is 44.7 Å². The summed E-state index contributed by atoms with van der Waals surface area (Å²) in [6.45, 7) is 7.72. The van der Waals surface area contributed by atoms with Gasteiger partial charge in [-0.05, 0) is 49.9 Å². The number of rotatable bonds is 15. The van der Waals surface area contributed by atoms with Crippen LogP contribution < -0.4 is 10.0 Å². The van der Waals surface area contributed by atoms with Crippen molar-refractivity contribution >= 4 is 21.8 Å². The summed E-state index contributed by atoms with van der Waals surface area (Å²) in [5.74, 6) is -0.348. The predicted octanol–water partition coefficient (Wildman–Crippen LogP) is 2.88. The Morgan fingerprint density at radius 1 is 1.00 bits per heavy atom. The van der Waals surface area contributed by atoms with E-state index in [-0.39, 0.29) is 23.1 Å². The highest BCUT2D eigenvalue weighted by Gasteiger charge is 2.25. The number of hydrogen-bond acceptors (Lipinski definition) is 5. The first-order valence-electron chi connectivity index (χ1n) is 12.1. The van der Waals surface area contributed by atoms with Crippen LogP contribution in [0.25, 0.3) is 0 Å². The van der Waals surface area contributed by atoms with Crippen LogP contribution in [0.5, 0.6) is 0 Å². The predicted molar refractivity (Wildman–Crippen MR) is 136 cm³/mol. The topological polar surface area (TPSA) is 105 Å². The van der Waals surface area contributed by atoms with Crippen LogP contribution >= 0.6 is 0 Å². The van der Waals surface area contributed by atoms with E-state index in [2.05, 4.69) is 10.0 Å². The molecule has 192 valence electrons. The third kappa shape index (κ3) is 9.43. The first-order chi connectivity index (χ1) is 16.8. The van der Waals surface area contributed by atoms with Gasteiger partial charge in [0, 0.05) is 39.3 Å². The molecule has 0 aromatic heterocycles. The van der Waals surface area contributed by atoms with Gasteiger partial charge in [0.15, 0.2) is 0 Å². The standard InChI is InChI=1S/C26H37N3O5S/c1-4-28-35(32,33)24-15-12-22(13-16-24)14-17-25(30)29(20-23-10-7-6-8-11-23)21(3)26(31)27-18-9-19-34-5-2/h6-8,10-13,15-16,21,28H,4-5,9,14,17-20H2,1-3H3,(H,27,31)/t21-/m1/s1. The second kappa shape index (κ2) is 14.6. The van der Waals surface area contributed by atoms with E-state index in [1.165, 1.54) is 12.1 Å². The van der Waals surface area contributed by atoms with Crippen molar-refractivity contribution in [2.75, 3.05) is 26.3 Å². The molecule has 8 nitrogen and oxygen atoms in total. The van der Waals surface area contributed by atoms with Crippen LogP contribution in [0.4, 0.5) is 0 Å². The molecule has 9 heteroatoms. The molecule has 0 saturated heterocycles. The summed E-state index contributed by atoms with van der Waals surface area (Å²) < 4.78 is 32.0. The van der Waals surface area contributed by atoms with Crippen LogP contribution in [0.15, 0.2) is 59.5 Å². The Balaban J connectivity index is 2.04. The van der Waals surface area contributed by atoms with Crippen LogP contribution in [0, 0.1) is 0 Å². The van der Waals surface area contributed by atoms with Crippen molar-refractivity contribution in [1.29, 1.82) is 0 Å². The van der Waals surface area contributed by atoms with Crippen LogP contribution in [-0.2, 0) is 37.3 Å². The van der Waals surface area contributed by atoms with E-state index in [9.17, 15) is 18.0 Å². The summed E-state index contributed by atoms with van der Waals surface area (Å²) in [5.41, 5.74) is 1.79. The number of ether oxygens (including phenoxy) is 1. The Bertz CT molecular complexity index is 1030. The number of nitrogens with zero attached hydrogens (tertiary/aromatic N) is 1. The molecule has 1 atom stereocenters. The van der Waals surface area contributed by atoms with Crippen LogP contribution in [-0.4, -0.2) is 57.5 Å². The Morgan fingerprint density at radius 2 is 1.69 bits per heavy atom. The lowest BCUT2D eigenvalue weighted by Gasteiger charge is -2.29. The number of benzene rings is 2. The van der Waals surface area contributed by atoms with Crippen molar-refractivity contribution in [2.45, 2.75) is 57.5 Å². The molecular formula is C26H37N3O5S. The number of aryl methyl sites for hydroxylation is 1. The van der Waals surface area contributed by atoms with Crippen LogP contribution in [0.3, 0.4) is 0 Å². The van der Waals surface area contributed by atoms with E-state index in [4.69, 9.17) is 4.74 Å². The molecule has 0 aliphatic carbocycles. The molecule has 2 N–H and O–H groups in total. The second-order valence-electron chi connectivity index (χ2n) is 8.17. The molecule has 0 bridgehead atoms. The summed E-state index contributed by atoms with van der Waals surface area (Å²) in [4.78, 5) is 27.8. The quantitative estimate of drug-likeness (QED) is 0.364. The molecule has 0 aliphatic rings. The van der Waals surface area contributed by atoms with E-state index in [0.717, 1.165) is 11.1 Å². The normalized spacial score (nSPS) is 12.2. The molecule has 0 aliphatic heterocycles. The van der Waals surface area contributed by atoms with Crippen molar-refractivity contribution in [3.05, 3.63) is 65.7 Å². The minimum absolute atomic E-state index is 0.143. The molecule has 0 heterocycles. The van der Waals surface area contributed by atoms with Gasteiger partial charge in [-0.3, -0.25) is 9.59 Å². The Kier molecular flexibility index (Phi) is 11.9. The van der Waals surface area contributed by atoms with E-state index < -0.39 is 16.1 Å². The number of hydrogen-bond donors (Lipinski definition) is 2. The van der Waals surface area contributed by atoms with Crippen molar-refractivity contribution in [3.63, 3.8) is 0 Å². The van der Waals surface area contributed by atoms with Gasteiger partial charge in [0.05, 0.1) is 4.90 Å². The highest BCUT2D eigenvalue weighted by Crippen LogP contribution is 2.15. The SMILES string of the molecule is CCNS(=O)(=O)c1ccc(CCC(=O)N(Cc2ccccc2)[C@H](C)C(=O)NCCCOCC)cc1. The second-order valence-corrected chi connectivity index (χ2v) is 9.94. The van der Waals surface area contributed by atoms with Crippen molar-refractivity contribution < 1.29 is 22.7 Å². The third-order valence-electron chi connectivity index (χ3n) is 5.53. The lowest BCUT2D eigenvalue weighted by atomic mass is 10.1. The average Bonchev–Trinajstić information content (AvgIpc) is 2.86. The zero-order valence-corrected chi connectivity index (χ0v) is 21.6. The Hall–Kier alpha value is -2.75. The fraction of sp³-hybridized carbons (Fsp3) is 0.462. The third-order valence-corrected chi connectivity index (χ3v) is 7.09. The van der Waals surface area contributed by atoms with Gasteiger partial charge in [0.2, 0.25) is 21.8 Å². The van der Waals surface area contributed by atoms with Crippen LogP contribution in [0.2, 0.25) is 0 Å². The highest BCUT2D eigenvalue weighted by atomic mass is 32.2. The van der Waals surface area contributed by atoms with Gasteiger partial charge < -0.3 is 15.0 Å². The largest absolute Gasteiger partial charge is 0.382 e. The Labute approximate surface area is 209 Å². The lowest BCUT2D eigenvalue weighted by Crippen LogP contribution is -2.48. The fourth-order valence-corrected chi connectivity index (χ4v) is 4.59. The van der Waals surface area contributed by atoms with Gasteiger partial charge in [-0.15, -0.1) is 0 Å². The molecular weight excluding hydrogens is 466 g/mol. The van der Waals surface area contributed by atoms with E-state index in [1.807, 2.05) is 37.3 Å². The summed E-state index contributed by atoms with van der Waals surface area (Å²) in [7, 11) is -3.52. The monoisotopic (exact) mass is 503 g/mol. The maximum atomic E-state index is 13.2. The number of nitrogens with one attached hydrogen (secondary N) is 2. The average molecular weight is 504 g/mol. The van der Waals surface area contributed by atoms with Gasteiger partial charge in [-0.25, -0.2) is 13.1 Å². The summed E-state index contributed by atoms with van der Waals surface area (Å²) in [6, 6.07) is 15.4. The van der Waals surface area contributed by atoms with Gasteiger partial charge in [0.1, 0.15) is 6.04 Å². The Morgan fingerprint density at radius 3 is 2.31 bits per heavy atom. The molecule has 0 spiro atoms. The summed E-state index contributed by atoms with van der Waals surface area (Å²) in [5, 5.41) is 2.89. The molecule has 35 heavy (non-hydrogen) atoms. The van der Waals surface area contributed by atoms with Gasteiger partial charge in [-0.2, -0.15) is 0 Å². The molecule has 0 saturated carbocycles. The zero-order valence-electron chi connectivity index (χ0n) is 20.8. The van der Waals surface area contributed by atoms with Crippen molar-refractivity contribution in [2.24, 2.45) is 0 Å². The van der Waals surface area contributed by atoms with Crippen molar-refractivity contribution in [1.82, 2.24) is 14.9 Å². The first-order valence-corrected chi connectivity index (χ1v) is 13.5. The van der Waals surface area contributed by atoms with E-state index >= 15 is 0 Å². The maximum absolute atomic E-state index is 13.2. The number of sulfonamides is 1. The molecule has 2 aromatic rings. The molecule has 2 aromatic carbocycles. The van der Waals surface area contributed by atoms with E-state index in [0.29, 0.717) is 45.7 Å². The molecule has 0 fully saturated rings. The minimum Gasteiger partial charge on any atom is -0.382 e. The first kappa shape index (κ1) is 28.5. The fourth-order valence-electron chi connectivity index (χ4n) is 3.54. The molecule has 2 amide bonds. The smallest absolute Gasteiger partial charge is 0.242 e. The highest BCUT2D eigenvalue weighted by molar-refractivity contribution is 7.89. The molecule has 0 radical (unpaired) electrons. The van der Waals surface area contributed by atoms with E-state index in [1.54, 1.807) is 30.9 Å². The van der Waals surface area contributed by atoms with Crippen molar-refractivity contribution in [3.8, 4) is 0 Å². The number of amides is 2. The van der Waals surface area contributed by atoms with Gasteiger partial charge >= 0.3 is 0 Å². The summed E-state index contributed by atoms with van der Waals surface area (Å²) in [6.07, 6.45) is 1.35. The zero-order chi connectivity index (χ0) is 25.7. The number of carbonyl (C=O) groups is 2. The minimum atomic E-state index is -3.52. The molecule has 2 rings (SSSR count). The molecule has 0 unspecified atom stereocenters. The van der Waals surface area contributed by atoms with Gasteiger partial charge in [0.25, 0.3) is 0 Å². The maximum Gasteiger partial charge on any atom is 0.242 e. The summed E-state index contributed by atoms with van der Waals surface area (Å²) >= 11 is 0. The number of carbonyl (C=O) groups excluding carboxylic acids is 2. The lowest BCUT2D eigenvalue weighted by molar-refractivity contribution is -0.140. The van der Waals surface area contributed by atoms with Gasteiger partial charge in [-0.1, -0.05) is 49.4 Å².